The maximum atomic E-state index is 4.56. The number of likely N-dealkylation sites (tertiary alicyclic amines) is 1. The Morgan fingerprint density at radius 2 is 1.67 bits per heavy atom. The van der Waals surface area contributed by atoms with Gasteiger partial charge in [0.25, 0.3) is 0 Å². The van der Waals surface area contributed by atoms with E-state index < -0.39 is 0 Å². The van der Waals surface area contributed by atoms with Gasteiger partial charge in [0.1, 0.15) is 17.5 Å². The first-order chi connectivity index (χ1) is 10.3. The van der Waals surface area contributed by atoms with Crippen molar-refractivity contribution in [3.8, 4) is 0 Å². The molecule has 5 nitrogen and oxygen atoms in total. The van der Waals surface area contributed by atoms with E-state index in [-0.39, 0.29) is 0 Å². The molecule has 1 aliphatic rings. The summed E-state index contributed by atoms with van der Waals surface area (Å²) in [6, 6.07) is 2.02. The molecule has 0 bridgehead atoms. The number of aryl methyl sites for hydroxylation is 1. The van der Waals surface area contributed by atoms with E-state index in [1.807, 2.05) is 6.07 Å². The minimum Gasteiger partial charge on any atom is -0.370 e. The lowest BCUT2D eigenvalue weighted by Gasteiger charge is -2.26. The maximum Gasteiger partial charge on any atom is 0.132 e. The van der Waals surface area contributed by atoms with Crippen molar-refractivity contribution in [3.63, 3.8) is 0 Å². The highest BCUT2D eigenvalue weighted by Crippen LogP contribution is 2.12. The maximum absolute atomic E-state index is 4.56. The average molecular weight is 291 g/mol. The van der Waals surface area contributed by atoms with Gasteiger partial charge in [-0.3, -0.25) is 0 Å². The topological polar surface area (TPSA) is 53.1 Å². The largest absolute Gasteiger partial charge is 0.370 e. The second kappa shape index (κ2) is 8.82. The molecule has 0 radical (unpaired) electrons. The Morgan fingerprint density at radius 1 is 1.00 bits per heavy atom. The predicted molar refractivity (Wildman–Crippen MR) is 89.0 cm³/mol. The molecule has 2 rings (SSSR count). The van der Waals surface area contributed by atoms with E-state index in [4.69, 9.17) is 0 Å². The molecule has 2 heterocycles. The molecule has 0 amide bonds. The number of piperidine rings is 1. The summed E-state index contributed by atoms with van der Waals surface area (Å²) in [5, 5.41) is 6.80. The van der Waals surface area contributed by atoms with Gasteiger partial charge in [-0.1, -0.05) is 20.3 Å². The molecule has 0 spiro atoms. The molecule has 21 heavy (non-hydrogen) atoms. The van der Waals surface area contributed by atoms with Crippen LogP contribution in [0.1, 0.15) is 45.4 Å². The lowest BCUT2D eigenvalue weighted by Crippen LogP contribution is -2.33. The number of aromatic nitrogens is 2. The van der Waals surface area contributed by atoms with Crippen molar-refractivity contribution in [3.05, 3.63) is 11.9 Å². The summed E-state index contributed by atoms with van der Waals surface area (Å²) >= 11 is 0. The first-order valence-corrected chi connectivity index (χ1v) is 8.40. The van der Waals surface area contributed by atoms with Crippen LogP contribution in [-0.4, -0.2) is 47.6 Å². The van der Waals surface area contributed by atoms with Crippen LogP contribution in [0.15, 0.2) is 6.07 Å². The lowest BCUT2D eigenvalue weighted by atomic mass is 10.1. The summed E-state index contributed by atoms with van der Waals surface area (Å²) in [5.41, 5.74) is 0. The molecule has 0 aliphatic carbocycles. The summed E-state index contributed by atoms with van der Waals surface area (Å²) in [5.74, 6) is 2.78. The van der Waals surface area contributed by atoms with Crippen LogP contribution in [0.3, 0.4) is 0 Å². The SMILES string of the molecule is CCCNc1cc(NCCN2CCCCC2)nc(CC)n1. The molecule has 118 valence electrons. The molecule has 1 fully saturated rings. The van der Waals surface area contributed by atoms with Gasteiger partial charge in [-0.2, -0.15) is 0 Å². The number of nitrogens with one attached hydrogen (secondary N) is 2. The third kappa shape index (κ3) is 5.50. The molecule has 0 aromatic carbocycles. The highest BCUT2D eigenvalue weighted by molar-refractivity contribution is 5.47. The lowest BCUT2D eigenvalue weighted by molar-refractivity contribution is 0.237. The van der Waals surface area contributed by atoms with Crippen molar-refractivity contribution in [1.29, 1.82) is 0 Å². The summed E-state index contributed by atoms with van der Waals surface area (Å²) in [7, 11) is 0. The summed E-state index contributed by atoms with van der Waals surface area (Å²) in [6.45, 7) is 9.75. The molecule has 0 saturated carbocycles. The monoisotopic (exact) mass is 291 g/mol. The molecule has 1 aromatic heterocycles. The van der Waals surface area contributed by atoms with Crippen LogP contribution in [0.4, 0.5) is 11.6 Å². The summed E-state index contributed by atoms with van der Waals surface area (Å²) in [6.07, 6.45) is 6.05. The fourth-order valence-electron chi connectivity index (χ4n) is 2.61. The van der Waals surface area contributed by atoms with Gasteiger partial charge in [-0.25, -0.2) is 9.97 Å². The van der Waals surface area contributed by atoms with Crippen molar-refractivity contribution in [2.24, 2.45) is 0 Å². The van der Waals surface area contributed by atoms with Crippen molar-refractivity contribution in [2.75, 3.05) is 43.4 Å². The quantitative estimate of drug-likeness (QED) is 0.771. The van der Waals surface area contributed by atoms with Gasteiger partial charge in [0.2, 0.25) is 0 Å². The van der Waals surface area contributed by atoms with Gasteiger partial charge >= 0.3 is 0 Å². The van der Waals surface area contributed by atoms with Gasteiger partial charge in [0.15, 0.2) is 0 Å². The van der Waals surface area contributed by atoms with E-state index in [0.717, 1.165) is 49.9 Å². The second-order valence-electron chi connectivity index (χ2n) is 5.66. The van der Waals surface area contributed by atoms with Crippen LogP contribution in [-0.2, 0) is 6.42 Å². The third-order valence-corrected chi connectivity index (χ3v) is 3.83. The Kier molecular flexibility index (Phi) is 6.73. The first-order valence-electron chi connectivity index (χ1n) is 8.40. The molecule has 2 N–H and O–H groups in total. The average Bonchev–Trinajstić information content (AvgIpc) is 2.53. The standard InChI is InChI=1S/C16H29N5/c1-3-8-17-15-13-16(20-14(4-2)19-15)18-9-12-21-10-6-5-7-11-21/h13H,3-12H2,1-2H3,(H2,17,18,19,20). The summed E-state index contributed by atoms with van der Waals surface area (Å²) < 4.78 is 0. The molecule has 1 saturated heterocycles. The number of nitrogens with zero attached hydrogens (tertiary/aromatic N) is 3. The van der Waals surface area contributed by atoms with Crippen LogP contribution in [0.2, 0.25) is 0 Å². The van der Waals surface area contributed by atoms with Gasteiger partial charge in [-0.15, -0.1) is 0 Å². The van der Waals surface area contributed by atoms with E-state index in [2.05, 4.69) is 39.3 Å². The van der Waals surface area contributed by atoms with Gasteiger partial charge in [0.05, 0.1) is 0 Å². The van der Waals surface area contributed by atoms with Crippen molar-refractivity contribution < 1.29 is 0 Å². The molecule has 0 atom stereocenters. The zero-order chi connectivity index (χ0) is 14.9. The highest BCUT2D eigenvalue weighted by atomic mass is 15.2. The fraction of sp³-hybridized carbons (Fsp3) is 0.750. The number of hydrogen-bond donors (Lipinski definition) is 2. The van der Waals surface area contributed by atoms with E-state index in [1.54, 1.807) is 0 Å². The number of hydrogen-bond acceptors (Lipinski definition) is 5. The Balaban J connectivity index is 1.85. The normalized spacial score (nSPS) is 15.9. The van der Waals surface area contributed by atoms with Crippen LogP contribution in [0.25, 0.3) is 0 Å². The van der Waals surface area contributed by atoms with Crippen LogP contribution >= 0.6 is 0 Å². The van der Waals surface area contributed by atoms with Crippen LogP contribution in [0, 0.1) is 0 Å². The van der Waals surface area contributed by atoms with E-state index in [9.17, 15) is 0 Å². The van der Waals surface area contributed by atoms with E-state index in [1.165, 1.54) is 32.4 Å². The minimum atomic E-state index is 0.864. The van der Waals surface area contributed by atoms with Gasteiger partial charge in [-0.05, 0) is 32.4 Å². The van der Waals surface area contributed by atoms with E-state index >= 15 is 0 Å². The fourth-order valence-corrected chi connectivity index (χ4v) is 2.61. The molecule has 5 heteroatoms. The molecule has 1 aromatic rings. The molecular weight excluding hydrogens is 262 g/mol. The third-order valence-electron chi connectivity index (χ3n) is 3.83. The zero-order valence-corrected chi connectivity index (χ0v) is 13.5. The van der Waals surface area contributed by atoms with Gasteiger partial charge < -0.3 is 15.5 Å². The Morgan fingerprint density at radius 3 is 2.29 bits per heavy atom. The van der Waals surface area contributed by atoms with Crippen molar-refractivity contribution in [2.45, 2.75) is 46.0 Å². The number of rotatable bonds is 8. The Bertz CT molecular complexity index is 415. The van der Waals surface area contributed by atoms with E-state index in [0.29, 0.717) is 0 Å². The van der Waals surface area contributed by atoms with Gasteiger partial charge in [0, 0.05) is 32.1 Å². The highest BCUT2D eigenvalue weighted by Gasteiger charge is 2.09. The predicted octanol–water partition coefficient (Wildman–Crippen LogP) is 2.76. The molecule has 0 unspecified atom stereocenters. The Labute approximate surface area is 128 Å². The van der Waals surface area contributed by atoms with Crippen LogP contribution in [0.5, 0.6) is 0 Å². The molecule has 1 aliphatic heterocycles. The Hall–Kier alpha value is -1.36. The smallest absolute Gasteiger partial charge is 0.132 e. The second-order valence-corrected chi connectivity index (χ2v) is 5.66. The summed E-state index contributed by atoms with van der Waals surface area (Å²) in [4.78, 5) is 11.6. The number of anilines is 2. The van der Waals surface area contributed by atoms with Crippen molar-refractivity contribution in [1.82, 2.24) is 14.9 Å². The zero-order valence-electron chi connectivity index (χ0n) is 13.5. The minimum absolute atomic E-state index is 0.864. The molecular formula is C16H29N5. The van der Waals surface area contributed by atoms with Crippen LogP contribution < -0.4 is 10.6 Å². The van der Waals surface area contributed by atoms with Crippen molar-refractivity contribution >= 4 is 11.6 Å². The first kappa shape index (κ1) is 16.0.